The van der Waals surface area contributed by atoms with Crippen LogP contribution in [0.2, 0.25) is 0 Å². The number of imide groups is 1. The van der Waals surface area contributed by atoms with Crippen LogP contribution in [0, 0.1) is 0 Å². The van der Waals surface area contributed by atoms with Gasteiger partial charge < -0.3 is 0 Å². The van der Waals surface area contributed by atoms with Gasteiger partial charge in [-0.1, -0.05) is 18.2 Å². The monoisotopic (exact) mass is 356 g/mol. The fraction of sp³-hybridized carbons (Fsp3) is 0.222. The lowest BCUT2D eigenvalue weighted by Gasteiger charge is -2.18. The van der Waals surface area contributed by atoms with Crippen molar-refractivity contribution in [2.45, 2.75) is 17.7 Å². The summed E-state index contributed by atoms with van der Waals surface area (Å²) < 4.78 is 26.9. The van der Waals surface area contributed by atoms with E-state index in [1.165, 1.54) is 16.4 Å². The molecule has 0 bridgehead atoms. The topological polar surface area (TPSA) is 74.8 Å². The van der Waals surface area contributed by atoms with Crippen molar-refractivity contribution in [3.8, 4) is 0 Å². The highest BCUT2D eigenvalue weighted by molar-refractivity contribution is 7.89. The van der Waals surface area contributed by atoms with E-state index in [1.54, 1.807) is 36.4 Å². The summed E-state index contributed by atoms with van der Waals surface area (Å²) in [7, 11) is -3.61. The van der Waals surface area contributed by atoms with Gasteiger partial charge in [0.1, 0.15) is 0 Å². The summed E-state index contributed by atoms with van der Waals surface area (Å²) in [5, 5.41) is 0. The van der Waals surface area contributed by atoms with Crippen LogP contribution in [-0.4, -0.2) is 37.6 Å². The number of hydrogen-bond donors (Lipinski definition) is 0. The van der Waals surface area contributed by atoms with Gasteiger partial charge >= 0.3 is 0 Å². The van der Waals surface area contributed by atoms with Gasteiger partial charge in [0, 0.05) is 13.1 Å². The Morgan fingerprint density at radius 1 is 0.800 bits per heavy atom. The van der Waals surface area contributed by atoms with Crippen molar-refractivity contribution in [1.29, 1.82) is 0 Å². The minimum Gasteiger partial charge on any atom is -0.268 e. The SMILES string of the molecule is O=C1c2ccccc2C(=O)N1c1cccc(S(=O)(=O)N2CCCC2)c1. The van der Waals surface area contributed by atoms with Crippen LogP contribution < -0.4 is 4.90 Å². The Morgan fingerprint density at radius 3 is 2.00 bits per heavy atom. The maximum absolute atomic E-state index is 12.7. The highest BCUT2D eigenvalue weighted by Gasteiger charge is 2.37. The third-order valence-electron chi connectivity index (χ3n) is 4.57. The smallest absolute Gasteiger partial charge is 0.266 e. The Hall–Kier alpha value is -2.51. The van der Waals surface area contributed by atoms with Crippen molar-refractivity contribution in [2.75, 3.05) is 18.0 Å². The van der Waals surface area contributed by atoms with E-state index < -0.39 is 21.8 Å². The molecule has 0 aromatic heterocycles. The second-order valence-electron chi connectivity index (χ2n) is 6.10. The number of carbonyl (C=O) groups excluding carboxylic acids is 2. The average Bonchev–Trinajstić information content (AvgIpc) is 3.24. The second-order valence-corrected chi connectivity index (χ2v) is 8.04. The van der Waals surface area contributed by atoms with Gasteiger partial charge in [-0.25, -0.2) is 13.3 Å². The fourth-order valence-corrected chi connectivity index (χ4v) is 4.84. The van der Waals surface area contributed by atoms with E-state index in [1.807, 2.05) is 0 Å². The number of benzene rings is 2. The molecule has 2 aliphatic heterocycles. The van der Waals surface area contributed by atoms with Crippen LogP contribution in [0.3, 0.4) is 0 Å². The number of nitrogens with zero attached hydrogens (tertiary/aromatic N) is 2. The molecule has 2 aromatic rings. The normalized spacial score (nSPS) is 18.0. The summed E-state index contributed by atoms with van der Waals surface area (Å²) in [6.45, 7) is 0.999. The molecule has 2 heterocycles. The average molecular weight is 356 g/mol. The molecule has 0 N–H and O–H groups in total. The molecule has 0 saturated carbocycles. The fourth-order valence-electron chi connectivity index (χ4n) is 3.28. The van der Waals surface area contributed by atoms with E-state index in [2.05, 4.69) is 0 Å². The lowest BCUT2D eigenvalue weighted by molar-refractivity contribution is 0.0926. The van der Waals surface area contributed by atoms with Crippen LogP contribution in [0.4, 0.5) is 5.69 Å². The van der Waals surface area contributed by atoms with Gasteiger partial charge in [0.2, 0.25) is 10.0 Å². The van der Waals surface area contributed by atoms with Crippen LogP contribution in [0.25, 0.3) is 0 Å². The Bertz CT molecular complexity index is 943. The molecule has 128 valence electrons. The van der Waals surface area contributed by atoms with E-state index in [0.717, 1.165) is 17.7 Å². The van der Waals surface area contributed by atoms with Crippen molar-refractivity contribution >= 4 is 27.5 Å². The summed E-state index contributed by atoms with van der Waals surface area (Å²) >= 11 is 0. The van der Waals surface area contributed by atoms with Gasteiger partial charge in [-0.05, 0) is 43.2 Å². The molecule has 2 aromatic carbocycles. The molecule has 6 nitrogen and oxygen atoms in total. The molecule has 0 unspecified atom stereocenters. The van der Waals surface area contributed by atoms with Crippen molar-refractivity contribution in [3.63, 3.8) is 0 Å². The lowest BCUT2D eigenvalue weighted by Crippen LogP contribution is -2.30. The van der Waals surface area contributed by atoms with Gasteiger partial charge in [0.05, 0.1) is 21.7 Å². The maximum Gasteiger partial charge on any atom is 0.266 e. The third-order valence-corrected chi connectivity index (χ3v) is 6.47. The number of hydrogen-bond acceptors (Lipinski definition) is 4. The first-order valence-electron chi connectivity index (χ1n) is 8.08. The number of fused-ring (bicyclic) bond motifs is 1. The zero-order valence-electron chi connectivity index (χ0n) is 13.4. The molecule has 0 aliphatic carbocycles. The van der Waals surface area contributed by atoms with Crippen LogP contribution >= 0.6 is 0 Å². The number of rotatable bonds is 3. The van der Waals surface area contributed by atoms with Gasteiger partial charge in [0.25, 0.3) is 11.8 Å². The summed E-state index contributed by atoms with van der Waals surface area (Å²) in [4.78, 5) is 26.3. The largest absolute Gasteiger partial charge is 0.268 e. The molecule has 2 aliphatic rings. The first kappa shape index (κ1) is 16.0. The molecular formula is C18H16N2O4S. The first-order valence-corrected chi connectivity index (χ1v) is 9.52. The minimum absolute atomic E-state index is 0.100. The third kappa shape index (κ3) is 2.47. The first-order chi connectivity index (χ1) is 12.0. The molecule has 25 heavy (non-hydrogen) atoms. The van der Waals surface area contributed by atoms with Gasteiger partial charge in [-0.2, -0.15) is 4.31 Å². The Kier molecular flexibility index (Phi) is 3.70. The number of carbonyl (C=O) groups is 2. The molecule has 7 heteroatoms. The van der Waals surface area contributed by atoms with E-state index in [0.29, 0.717) is 24.2 Å². The Labute approximate surface area is 145 Å². The predicted molar refractivity (Wildman–Crippen MR) is 92.0 cm³/mol. The zero-order chi connectivity index (χ0) is 17.6. The van der Waals surface area contributed by atoms with E-state index in [4.69, 9.17) is 0 Å². The number of amides is 2. The molecular weight excluding hydrogens is 340 g/mol. The summed E-state index contributed by atoms with van der Waals surface area (Å²) in [6.07, 6.45) is 1.69. The molecule has 2 amide bonds. The Balaban J connectivity index is 1.74. The maximum atomic E-state index is 12.7. The Morgan fingerprint density at radius 2 is 1.40 bits per heavy atom. The molecule has 0 radical (unpaired) electrons. The minimum atomic E-state index is -3.61. The van der Waals surface area contributed by atoms with E-state index >= 15 is 0 Å². The zero-order valence-corrected chi connectivity index (χ0v) is 14.2. The lowest BCUT2D eigenvalue weighted by atomic mass is 10.1. The quantitative estimate of drug-likeness (QED) is 0.791. The van der Waals surface area contributed by atoms with Gasteiger partial charge in [-0.15, -0.1) is 0 Å². The standard InChI is InChI=1S/C18H16N2O4S/c21-17-15-8-1-2-9-16(15)18(22)20(17)13-6-5-7-14(12-13)25(23,24)19-10-3-4-11-19/h1-2,5-9,12H,3-4,10-11H2. The van der Waals surface area contributed by atoms with Crippen LogP contribution in [0.1, 0.15) is 33.6 Å². The second kappa shape index (κ2) is 5.79. The summed E-state index contributed by atoms with van der Waals surface area (Å²) in [6, 6.07) is 12.6. The highest BCUT2D eigenvalue weighted by atomic mass is 32.2. The molecule has 0 spiro atoms. The van der Waals surface area contributed by atoms with Crippen molar-refractivity contribution < 1.29 is 18.0 Å². The number of anilines is 1. The van der Waals surface area contributed by atoms with Gasteiger partial charge in [-0.3, -0.25) is 9.59 Å². The van der Waals surface area contributed by atoms with Crippen LogP contribution in [0.5, 0.6) is 0 Å². The van der Waals surface area contributed by atoms with Crippen LogP contribution in [-0.2, 0) is 10.0 Å². The van der Waals surface area contributed by atoms with E-state index in [-0.39, 0.29) is 10.6 Å². The van der Waals surface area contributed by atoms with E-state index in [9.17, 15) is 18.0 Å². The van der Waals surface area contributed by atoms with Crippen molar-refractivity contribution in [3.05, 3.63) is 59.7 Å². The summed E-state index contributed by atoms with van der Waals surface area (Å²) in [5.74, 6) is -0.868. The van der Waals surface area contributed by atoms with Crippen LogP contribution in [0.15, 0.2) is 53.4 Å². The van der Waals surface area contributed by atoms with Crippen molar-refractivity contribution in [1.82, 2.24) is 4.31 Å². The molecule has 1 saturated heterocycles. The molecule has 1 fully saturated rings. The van der Waals surface area contributed by atoms with Gasteiger partial charge in [0.15, 0.2) is 0 Å². The molecule has 4 rings (SSSR count). The summed E-state index contributed by atoms with van der Waals surface area (Å²) in [5.41, 5.74) is 0.937. The van der Waals surface area contributed by atoms with Crippen molar-refractivity contribution in [2.24, 2.45) is 0 Å². The predicted octanol–water partition coefficient (Wildman–Crippen LogP) is 2.27. The highest BCUT2D eigenvalue weighted by Crippen LogP contribution is 2.30. The molecule has 0 atom stereocenters. The number of sulfonamides is 1.